The van der Waals surface area contributed by atoms with Gasteiger partial charge in [-0.05, 0) is 55.8 Å². The van der Waals surface area contributed by atoms with E-state index >= 15 is 0 Å². The Kier molecular flexibility index (Phi) is 7.03. The maximum Gasteiger partial charge on any atom is 0.286 e. The molecule has 0 fully saturated rings. The Morgan fingerprint density at radius 2 is 2.04 bits per heavy atom. The Morgan fingerprint density at radius 1 is 1.31 bits per heavy atom. The fraction of sp³-hybridized carbons (Fsp3) is 0.316. The lowest BCUT2D eigenvalue weighted by molar-refractivity contribution is -0.117. The van der Waals surface area contributed by atoms with Crippen molar-refractivity contribution in [1.29, 1.82) is 0 Å². The molecule has 6 nitrogen and oxygen atoms in total. The van der Waals surface area contributed by atoms with Crippen LogP contribution in [0.25, 0.3) is 6.08 Å². The van der Waals surface area contributed by atoms with Crippen LogP contribution in [0.4, 0.5) is 0 Å². The summed E-state index contributed by atoms with van der Waals surface area (Å²) in [5.41, 5.74) is 1.72. The molecule has 138 valence electrons. The number of benzene rings is 1. The van der Waals surface area contributed by atoms with Crippen molar-refractivity contribution in [3.8, 4) is 11.5 Å². The zero-order chi connectivity index (χ0) is 19.1. The topological polar surface area (TPSA) is 77.0 Å². The van der Waals surface area contributed by atoms with Gasteiger partial charge < -0.3 is 14.8 Å². The Morgan fingerprint density at radius 3 is 2.65 bits per heavy atom. The van der Waals surface area contributed by atoms with Crippen molar-refractivity contribution in [1.82, 2.24) is 5.32 Å². The lowest BCUT2D eigenvalue weighted by Crippen LogP contribution is -2.23. The molecule has 0 aliphatic carbocycles. The number of hydrogen-bond acceptors (Lipinski definition) is 5. The van der Waals surface area contributed by atoms with Crippen molar-refractivity contribution >= 4 is 34.8 Å². The third-order valence-electron chi connectivity index (χ3n) is 3.31. The highest BCUT2D eigenvalue weighted by Gasteiger charge is 2.23. The van der Waals surface area contributed by atoms with Crippen LogP contribution in [0.2, 0.25) is 0 Å². The predicted molar refractivity (Wildman–Crippen MR) is 105 cm³/mol. The number of aliphatic imine (C=N–C) groups is 1. The van der Waals surface area contributed by atoms with Crippen LogP contribution in [0.1, 0.15) is 31.9 Å². The normalized spacial score (nSPS) is 15.0. The first kappa shape index (κ1) is 19.8. The van der Waals surface area contributed by atoms with E-state index in [4.69, 9.17) is 9.47 Å². The van der Waals surface area contributed by atoms with Gasteiger partial charge in [-0.2, -0.15) is 4.99 Å². The van der Waals surface area contributed by atoms with Crippen LogP contribution in [0.3, 0.4) is 0 Å². The number of amides is 2. The number of amidine groups is 1. The van der Waals surface area contributed by atoms with E-state index in [0.29, 0.717) is 36.0 Å². The molecule has 0 spiro atoms. The molecule has 1 aromatic carbocycles. The molecule has 1 heterocycles. The summed E-state index contributed by atoms with van der Waals surface area (Å²) in [6.07, 6.45) is 4.13. The average Bonchev–Trinajstić information content (AvgIpc) is 2.89. The van der Waals surface area contributed by atoms with Crippen LogP contribution in [0.5, 0.6) is 11.5 Å². The van der Waals surface area contributed by atoms with Crippen molar-refractivity contribution in [3.63, 3.8) is 0 Å². The number of rotatable bonds is 7. The second-order valence-corrected chi connectivity index (χ2v) is 6.41. The molecule has 1 N–H and O–H groups in total. The Hall–Kier alpha value is -2.54. The highest BCUT2D eigenvalue weighted by molar-refractivity contribution is 8.18. The van der Waals surface area contributed by atoms with E-state index in [1.165, 1.54) is 6.92 Å². The minimum atomic E-state index is -0.379. The lowest BCUT2D eigenvalue weighted by atomic mass is 10.0. The summed E-state index contributed by atoms with van der Waals surface area (Å²) in [4.78, 5) is 27.5. The van der Waals surface area contributed by atoms with Gasteiger partial charge in [-0.15, -0.1) is 6.58 Å². The summed E-state index contributed by atoms with van der Waals surface area (Å²) in [5.74, 6) is 0.671. The molecule has 0 saturated carbocycles. The van der Waals surface area contributed by atoms with Gasteiger partial charge in [0, 0.05) is 12.5 Å². The van der Waals surface area contributed by atoms with Crippen molar-refractivity contribution in [2.45, 2.75) is 27.2 Å². The SMILES string of the molecule is C=CCc1cc(/C=C2/SC(NC(C)=O)=NC2=O)cc(OCC)c1OCC. The van der Waals surface area contributed by atoms with Crippen LogP contribution in [-0.2, 0) is 16.0 Å². The van der Waals surface area contributed by atoms with E-state index in [9.17, 15) is 9.59 Å². The number of nitrogens with one attached hydrogen (secondary N) is 1. The Balaban J connectivity index is 2.39. The van der Waals surface area contributed by atoms with E-state index in [0.717, 1.165) is 22.9 Å². The van der Waals surface area contributed by atoms with E-state index in [1.54, 1.807) is 12.2 Å². The number of ether oxygens (including phenoxy) is 2. The van der Waals surface area contributed by atoms with Crippen molar-refractivity contribution in [2.75, 3.05) is 13.2 Å². The van der Waals surface area contributed by atoms with Crippen LogP contribution < -0.4 is 14.8 Å². The van der Waals surface area contributed by atoms with Gasteiger partial charge in [0.1, 0.15) is 0 Å². The quantitative estimate of drug-likeness (QED) is 0.585. The van der Waals surface area contributed by atoms with E-state index in [-0.39, 0.29) is 17.0 Å². The number of thioether (sulfide) groups is 1. The first-order valence-electron chi connectivity index (χ1n) is 8.32. The molecular weight excluding hydrogens is 352 g/mol. The first-order chi connectivity index (χ1) is 12.5. The van der Waals surface area contributed by atoms with Gasteiger partial charge in [0.15, 0.2) is 16.7 Å². The molecule has 0 saturated heterocycles. The van der Waals surface area contributed by atoms with Crippen molar-refractivity contribution in [2.24, 2.45) is 4.99 Å². The van der Waals surface area contributed by atoms with Crippen molar-refractivity contribution in [3.05, 3.63) is 40.8 Å². The van der Waals surface area contributed by atoms with E-state index in [2.05, 4.69) is 16.9 Å². The number of carbonyl (C=O) groups is 2. The van der Waals surface area contributed by atoms with Crippen LogP contribution in [0, 0.1) is 0 Å². The molecule has 1 aromatic rings. The van der Waals surface area contributed by atoms with Gasteiger partial charge in [-0.25, -0.2) is 0 Å². The molecule has 26 heavy (non-hydrogen) atoms. The smallest absolute Gasteiger partial charge is 0.286 e. The zero-order valence-electron chi connectivity index (χ0n) is 15.1. The highest BCUT2D eigenvalue weighted by Crippen LogP contribution is 2.36. The molecule has 1 aliphatic rings. The number of allylic oxidation sites excluding steroid dienone is 1. The molecular formula is C19H22N2O4S. The third kappa shape index (κ3) is 4.98. The monoisotopic (exact) mass is 374 g/mol. The third-order valence-corrected chi connectivity index (χ3v) is 4.21. The van der Waals surface area contributed by atoms with Crippen molar-refractivity contribution < 1.29 is 19.1 Å². The second-order valence-electron chi connectivity index (χ2n) is 5.38. The summed E-state index contributed by atoms with van der Waals surface area (Å²) < 4.78 is 11.5. The summed E-state index contributed by atoms with van der Waals surface area (Å²) in [5, 5.41) is 2.82. The number of nitrogens with zero attached hydrogens (tertiary/aromatic N) is 1. The minimum absolute atomic E-state index is 0.265. The molecule has 0 bridgehead atoms. The summed E-state index contributed by atoms with van der Waals surface area (Å²) in [7, 11) is 0. The first-order valence-corrected chi connectivity index (χ1v) is 9.13. The summed E-state index contributed by atoms with van der Waals surface area (Å²) >= 11 is 1.13. The fourth-order valence-electron chi connectivity index (χ4n) is 2.41. The van der Waals surface area contributed by atoms with Gasteiger partial charge in [0.05, 0.1) is 18.1 Å². The molecule has 0 radical (unpaired) electrons. The predicted octanol–water partition coefficient (Wildman–Crippen LogP) is 3.32. The highest BCUT2D eigenvalue weighted by atomic mass is 32.2. The van der Waals surface area contributed by atoms with Crippen LogP contribution in [0.15, 0.2) is 34.7 Å². The molecule has 0 atom stereocenters. The Labute approximate surface area is 157 Å². The number of hydrogen-bond donors (Lipinski definition) is 1. The lowest BCUT2D eigenvalue weighted by Gasteiger charge is -2.16. The maximum absolute atomic E-state index is 12.1. The molecule has 0 unspecified atom stereocenters. The van der Waals surface area contributed by atoms with Gasteiger partial charge >= 0.3 is 0 Å². The fourth-order valence-corrected chi connectivity index (χ4v) is 3.27. The van der Waals surface area contributed by atoms with Gasteiger partial charge in [0.25, 0.3) is 5.91 Å². The Bertz CT molecular complexity index is 784. The van der Waals surface area contributed by atoms with Gasteiger partial charge in [-0.1, -0.05) is 6.08 Å². The molecule has 0 aromatic heterocycles. The summed E-state index contributed by atoms with van der Waals surface area (Å²) in [6.45, 7) is 9.99. The van der Waals surface area contributed by atoms with Gasteiger partial charge in [-0.3, -0.25) is 9.59 Å². The zero-order valence-corrected chi connectivity index (χ0v) is 15.9. The van der Waals surface area contributed by atoms with E-state index < -0.39 is 0 Å². The maximum atomic E-state index is 12.1. The largest absolute Gasteiger partial charge is 0.490 e. The molecule has 2 amide bonds. The second kappa shape index (κ2) is 9.24. The van der Waals surface area contributed by atoms with Crippen LogP contribution >= 0.6 is 11.8 Å². The standard InChI is InChI=1S/C19H22N2O4S/c1-5-8-14-9-13(10-15(24-6-2)17(14)25-7-3)11-16-18(23)21-19(26-16)20-12(4)22/h5,9-11H,1,6-8H2,2-4H3,(H,20,21,22,23)/b16-11+. The molecule has 2 rings (SSSR count). The van der Waals surface area contributed by atoms with Crippen LogP contribution in [-0.4, -0.2) is 30.2 Å². The summed E-state index contributed by atoms with van der Waals surface area (Å²) in [6, 6.07) is 3.77. The minimum Gasteiger partial charge on any atom is -0.490 e. The molecule has 1 aliphatic heterocycles. The number of carbonyl (C=O) groups excluding carboxylic acids is 2. The molecule has 7 heteroatoms. The van der Waals surface area contributed by atoms with E-state index in [1.807, 2.05) is 26.0 Å². The average molecular weight is 374 g/mol. The van der Waals surface area contributed by atoms with Gasteiger partial charge in [0.2, 0.25) is 5.91 Å².